The molecule has 3 aromatic rings. The first kappa shape index (κ1) is 40.4. The van der Waals surface area contributed by atoms with Crippen LogP contribution in [0.3, 0.4) is 0 Å². The normalized spacial score (nSPS) is 17.8. The van der Waals surface area contributed by atoms with Crippen molar-refractivity contribution in [1.29, 1.82) is 0 Å². The maximum Gasteiger partial charge on any atom is 0.306 e. The van der Waals surface area contributed by atoms with E-state index in [4.69, 9.17) is 72.6 Å². The summed E-state index contributed by atoms with van der Waals surface area (Å²) in [7, 11) is 0. The molecule has 304 valence electrons. The van der Waals surface area contributed by atoms with Gasteiger partial charge in [0.05, 0.1) is 18.0 Å². The number of piperidine rings is 3. The molecule has 0 bridgehead atoms. The third kappa shape index (κ3) is 9.75. The van der Waals surface area contributed by atoms with Crippen LogP contribution in [0.25, 0.3) is 0 Å². The summed E-state index contributed by atoms with van der Waals surface area (Å²) in [5.41, 5.74) is 34.4. The molecular formula is C31H42Cl2N20O4. The van der Waals surface area contributed by atoms with Crippen molar-refractivity contribution in [3.63, 3.8) is 0 Å². The van der Waals surface area contributed by atoms with Crippen molar-refractivity contribution in [2.24, 2.45) is 27.4 Å². The number of anilines is 7. The number of nitrogens with two attached hydrogens (primary N) is 6. The Bertz CT molecular complexity index is 1960. The Hall–Kier alpha value is -6.30. The lowest BCUT2D eigenvalue weighted by Gasteiger charge is -2.35. The molecule has 24 nitrogen and oxygen atoms in total. The number of nitrogen functional groups attached to an aromatic ring is 4. The number of aromatic nitrogens is 7. The quantitative estimate of drug-likeness (QED) is 0.0952. The second-order valence-corrected chi connectivity index (χ2v) is 14.2. The molecule has 3 saturated heterocycles. The van der Waals surface area contributed by atoms with Crippen molar-refractivity contribution in [2.75, 3.05) is 76.9 Å². The van der Waals surface area contributed by atoms with E-state index in [0.717, 1.165) is 0 Å². The summed E-state index contributed by atoms with van der Waals surface area (Å²) in [5.74, 6) is -2.19. The van der Waals surface area contributed by atoms with Gasteiger partial charge in [0, 0.05) is 39.3 Å². The number of guanidine groups is 2. The van der Waals surface area contributed by atoms with Crippen LogP contribution in [0.4, 0.5) is 41.1 Å². The first-order valence-corrected chi connectivity index (χ1v) is 18.6. The summed E-state index contributed by atoms with van der Waals surface area (Å²) in [6.07, 6.45) is 3.20. The zero-order valence-electron chi connectivity index (χ0n) is 30.5. The van der Waals surface area contributed by atoms with E-state index in [1.54, 1.807) is 0 Å². The number of hydrogen-bond acceptors (Lipinski definition) is 19. The van der Waals surface area contributed by atoms with Crippen LogP contribution >= 0.6 is 23.2 Å². The second-order valence-electron chi connectivity index (χ2n) is 13.5. The van der Waals surface area contributed by atoms with Crippen molar-refractivity contribution in [1.82, 2.24) is 45.5 Å². The highest BCUT2D eigenvalue weighted by atomic mass is 35.5. The number of nitrogens with one attached hydrogen (secondary N) is 2. The molecule has 0 radical (unpaired) electrons. The molecule has 15 N–H and O–H groups in total. The average molecular weight is 830 g/mol. The number of aliphatic carboxylic acids is 1. The zero-order valence-corrected chi connectivity index (χ0v) is 32.0. The summed E-state index contributed by atoms with van der Waals surface area (Å²) >= 11 is 11.8. The molecule has 3 aromatic heterocycles. The first-order valence-electron chi connectivity index (χ1n) is 17.8. The SMILES string of the molecule is NC(=NC1CCN(c2nc(N3CCC(N=C(N)NC(=O)c4nc(Cl)c(N)nc4N)CC3)nc(N3CCC(C(=O)O)CC3)n2)CC1)NC(=O)c1nc(Cl)c(N)nc1N. The fourth-order valence-electron chi connectivity index (χ4n) is 6.51. The van der Waals surface area contributed by atoms with Crippen LogP contribution in [0.5, 0.6) is 0 Å². The number of hydrogen-bond donors (Lipinski definition) is 9. The highest BCUT2D eigenvalue weighted by Crippen LogP contribution is 2.28. The van der Waals surface area contributed by atoms with E-state index in [1.165, 1.54) is 0 Å². The Morgan fingerprint density at radius 2 is 0.895 bits per heavy atom. The molecule has 6 heterocycles. The van der Waals surface area contributed by atoms with Gasteiger partial charge in [-0.1, -0.05) is 23.2 Å². The summed E-state index contributed by atoms with van der Waals surface area (Å²) in [4.78, 5) is 81.9. The van der Waals surface area contributed by atoms with Gasteiger partial charge >= 0.3 is 5.97 Å². The third-order valence-electron chi connectivity index (χ3n) is 9.59. The van der Waals surface area contributed by atoms with Crippen molar-refractivity contribution >= 4 is 94.0 Å². The van der Waals surface area contributed by atoms with Crippen LogP contribution < -0.4 is 59.7 Å². The Balaban J connectivity index is 1.11. The number of nitrogens with zero attached hydrogens (tertiary/aromatic N) is 12. The molecule has 57 heavy (non-hydrogen) atoms. The van der Waals surface area contributed by atoms with Gasteiger partial charge in [0.25, 0.3) is 11.8 Å². The fourth-order valence-corrected chi connectivity index (χ4v) is 6.76. The Morgan fingerprint density at radius 1 is 0.561 bits per heavy atom. The van der Waals surface area contributed by atoms with Gasteiger partial charge in [-0.2, -0.15) is 15.0 Å². The fraction of sp³-hybridized carbons (Fsp3) is 0.484. The van der Waals surface area contributed by atoms with Crippen LogP contribution in [-0.4, -0.2) is 121 Å². The van der Waals surface area contributed by atoms with Gasteiger partial charge in [-0.05, 0) is 38.5 Å². The lowest BCUT2D eigenvalue weighted by molar-refractivity contribution is -0.142. The summed E-state index contributed by atoms with van der Waals surface area (Å²) in [6.45, 7) is 3.03. The Morgan fingerprint density at radius 3 is 1.23 bits per heavy atom. The lowest BCUT2D eigenvalue weighted by atomic mass is 9.97. The molecule has 3 aliphatic rings. The average Bonchev–Trinajstić information content (AvgIpc) is 3.18. The van der Waals surface area contributed by atoms with Crippen molar-refractivity contribution in [3.8, 4) is 0 Å². The van der Waals surface area contributed by atoms with E-state index in [-0.39, 0.29) is 69.0 Å². The number of carboxylic acids is 1. The van der Waals surface area contributed by atoms with Crippen LogP contribution in [0.2, 0.25) is 10.3 Å². The largest absolute Gasteiger partial charge is 0.481 e. The van der Waals surface area contributed by atoms with Gasteiger partial charge in [0.2, 0.25) is 17.8 Å². The third-order valence-corrected chi connectivity index (χ3v) is 10.1. The number of halogens is 2. The maximum absolute atomic E-state index is 12.7. The molecule has 3 aliphatic heterocycles. The molecule has 0 aromatic carbocycles. The van der Waals surface area contributed by atoms with Crippen molar-refractivity contribution in [2.45, 2.75) is 50.6 Å². The topological polar surface area (TPSA) is 376 Å². The van der Waals surface area contributed by atoms with Crippen LogP contribution in [-0.2, 0) is 4.79 Å². The second kappa shape index (κ2) is 17.2. The van der Waals surface area contributed by atoms with Gasteiger partial charge in [0.1, 0.15) is 0 Å². The van der Waals surface area contributed by atoms with Crippen molar-refractivity contribution < 1.29 is 19.5 Å². The molecular weight excluding hydrogens is 787 g/mol. The maximum atomic E-state index is 12.7. The van der Waals surface area contributed by atoms with Crippen LogP contribution in [0, 0.1) is 5.92 Å². The van der Waals surface area contributed by atoms with Gasteiger partial charge in [0.15, 0.2) is 56.9 Å². The molecule has 26 heteroatoms. The zero-order chi connectivity index (χ0) is 41.0. The van der Waals surface area contributed by atoms with Crippen LogP contribution in [0.15, 0.2) is 9.98 Å². The number of carbonyl (C=O) groups is 3. The predicted octanol–water partition coefficient (Wildman–Crippen LogP) is -1.18. The van der Waals surface area contributed by atoms with E-state index in [1.807, 2.05) is 14.7 Å². The molecule has 0 saturated carbocycles. The van der Waals surface area contributed by atoms with Gasteiger partial charge in [-0.25, -0.2) is 29.9 Å². The Kier molecular flexibility index (Phi) is 12.2. The van der Waals surface area contributed by atoms with E-state index in [0.29, 0.717) is 95.6 Å². The highest BCUT2D eigenvalue weighted by Gasteiger charge is 2.30. The first-order chi connectivity index (χ1) is 27.1. The predicted molar refractivity (Wildman–Crippen MR) is 213 cm³/mol. The molecule has 0 spiro atoms. The number of amides is 2. The van der Waals surface area contributed by atoms with E-state index in [9.17, 15) is 19.5 Å². The summed E-state index contributed by atoms with van der Waals surface area (Å²) in [5, 5.41) is 14.1. The number of aliphatic imine (C=N–C) groups is 2. The van der Waals surface area contributed by atoms with Gasteiger partial charge in [-0.15, -0.1) is 0 Å². The molecule has 6 rings (SSSR count). The molecule has 3 fully saturated rings. The number of carboxylic acid groups (broad SMARTS) is 1. The monoisotopic (exact) mass is 828 g/mol. The van der Waals surface area contributed by atoms with Gasteiger partial charge in [-0.3, -0.25) is 25.0 Å². The van der Waals surface area contributed by atoms with Crippen molar-refractivity contribution in [3.05, 3.63) is 21.7 Å². The Labute approximate surface area is 334 Å². The smallest absolute Gasteiger partial charge is 0.306 e. The minimum absolute atomic E-state index is 0.106. The standard InChI is InChI=1S/C31H42Cl2N20O4/c32-18-22(36)44-20(34)16(42-18)24(54)46-27(38)40-14-3-9-52(10-4-14)30-48-29(51-7-1-13(2-8-51)26(56)57)49-31(50-30)53-11-5-15(6-12-53)41-28(39)47-25(55)17-21(35)45-23(37)19(33)43-17/h13-15H,1-12H2,(H,56,57)(H4,34,36,44)(H4,35,37,45)(H3,38,40,46,54)(H3,39,41,47,55). The summed E-state index contributed by atoms with van der Waals surface area (Å²) in [6, 6.07) is -0.440. The molecule has 2 amide bonds. The highest BCUT2D eigenvalue weighted by molar-refractivity contribution is 6.32. The van der Waals surface area contributed by atoms with Gasteiger partial charge < -0.3 is 54.2 Å². The molecule has 0 aliphatic carbocycles. The molecule has 0 unspecified atom stereocenters. The van der Waals surface area contributed by atoms with Crippen LogP contribution in [0.1, 0.15) is 59.5 Å². The minimum Gasteiger partial charge on any atom is -0.481 e. The minimum atomic E-state index is -0.817. The molecule has 0 atom stereocenters. The number of carbonyl (C=O) groups excluding carboxylic acids is 2. The van der Waals surface area contributed by atoms with E-state index in [2.05, 4.69) is 40.6 Å². The van der Waals surface area contributed by atoms with E-state index < -0.39 is 23.7 Å². The summed E-state index contributed by atoms with van der Waals surface area (Å²) < 4.78 is 0. The van der Waals surface area contributed by atoms with E-state index >= 15 is 0 Å². The lowest BCUT2D eigenvalue weighted by Crippen LogP contribution is -2.43. The number of rotatable bonds is 8.